The van der Waals surface area contributed by atoms with Crippen LogP contribution in [0.5, 0.6) is 0 Å². The number of benzene rings is 1. The second-order valence-electron chi connectivity index (χ2n) is 4.90. The fourth-order valence-corrected chi connectivity index (χ4v) is 4.46. The third kappa shape index (κ3) is 2.29. The zero-order valence-electron chi connectivity index (χ0n) is 11.8. The Labute approximate surface area is 147 Å². The summed E-state index contributed by atoms with van der Waals surface area (Å²) in [5.41, 5.74) is 0.756. The zero-order valence-corrected chi connectivity index (χ0v) is 14.3. The largest absolute Gasteiger partial charge is 0.319 e. The van der Waals surface area contributed by atoms with Crippen LogP contribution in [0.1, 0.15) is 9.67 Å². The van der Waals surface area contributed by atoms with E-state index < -0.39 is 11.7 Å². The molecular weight excluding hydrogens is 369 g/mol. The van der Waals surface area contributed by atoms with Gasteiger partial charge in [0.25, 0.3) is 11.5 Å². The number of hydrogen-bond donors (Lipinski definition) is 2. The van der Waals surface area contributed by atoms with E-state index in [0.717, 1.165) is 11.3 Å². The molecule has 0 radical (unpaired) electrons. The van der Waals surface area contributed by atoms with Crippen molar-refractivity contribution in [3.05, 3.63) is 60.7 Å². The van der Waals surface area contributed by atoms with Gasteiger partial charge in [-0.3, -0.25) is 14.0 Å². The lowest BCUT2D eigenvalue weighted by Gasteiger charge is -2.05. The van der Waals surface area contributed by atoms with Crippen molar-refractivity contribution in [3.8, 4) is 0 Å². The number of rotatable bonds is 2. The van der Waals surface area contributed by atoms with Crippen LogP contribution in [0.3, 0.4) is 0 Å². The summed E-state index contributed by atoms with van der Waals surface area (Å²) in [4.78, 5) is 27.6. The molecule has 0 aliphatic heterocycles. The summed E-state index contributed by atoms with van der Waals surface area (Å²) in [5, 5.41) is 4.30. The first-order valence-corrected chi connectivity index (χ1v) is 8.87. The van der Waals surface area contributed by atoms with E-state index in [2.05, 4.69) is 10.3 Å². The minimum Gasteiger partial charge on any atom is -0.319 e. The normalized spacial score (nSPS) is 11.2. The Morgan fingerprint density at radius 3 is 2.88 bits per heavy atom. The van der Waals surface area contributed by atoms with Gasteiger partial charge in [0.2, 0.25) is 0 Å². The molecular formula is C15H8FN3O2S3. The average molecular weight is 377 g/mol. The van der Waals surface area contributed by atoms with E-state index in [0.29, 0.717) is 19.8 Å². The maximum atomic E-state index is 13.7. The summed E-state index contributed by atoms with van der Waals surface area (Å²) in [6, 6.07) is 7.66. The number of carbonyl (C=O) groups excluding carboxylic acids is 1. The molecule has 4 rings (SSSR count). The summed E-state index contributed by atoms with van der Waals surface area (Å²) >= 11 is 7.70. The standard InChI is InChI=1S/C15H8FN3O2S3/c16-7-3-1-2-4-8(7)17-14(21)11-12-18-13(20)10-9(5-6-23-10)19(12)15(22)24-11/h1-6H,(H,17,21)(H,18,20). The summed E-state index contributed by atoms with van der Waals surface area (Å²) in [7, 11) is 0. The van der Waals surface area contributed by atoms with Gasteiger partial charge in [0.1, 0.15) is 21.0 Å². The van der Waals surface area contributed by atoms with E-state index in [-0.39, 0.29) is 16.1 Å². The van der Waals surface area contributed by atoms with Gasteiger partial charge >= 0.3 is 0 Å². The fraction of sp³-hybridized carbons (Fsp3) is 0. The van der Waals surface area contributed by atoms with Crippen molar-refractivity contribution in [1.29, 1.82) is 0 Å². The third-order valence-corrected chi connectivity index (χ3v) is 5.74. The molecule has 0 saturated carbocycles. The predicted molar refractivity (Wildman–Crippen MR) is 96.5 cm³/mol. The minimum atomic E-state index is -0.535. The Hall–Kier alpha value is -2.36. The van der Waals surface area contributed by atoms with Gasteiger partial charge in [-0.1, -0.05) is 23.5 Å². The lowest BCUT2D eigenvalue weighted by molar-refractivity contribution is 0.103. The van der Waals surface area contributed by atoms with Crippen LogP contribution >= 0.6 is 34.9 Å². The number of nitrogens with zero attached hydrogens (tertiary/aromatic N) is 1. The number of carbonyl (C=O) groups is 1. The van der Waals surface area contributed by atoms with Crippen molar-refractivity contribution < 1.29 is 9.18 Å². The number of nitrogens with one attached hydrogen (secondary N) is 2. The maximum absolute atomic E-state index is 13.7. The highest BCUT2D eigenvalue weighted by Gasteiger charge is 2.19. The van der Waals surface area contributed by atoms with E-state index in [1.807, 2.05) is 0 Å². The molecule has 0 bridgehead atoms. The topological polar surface area (TPSA) is 66.4 Å². The Morgan fingerprint density at radius 2 is 2.08 bits per heavy atom. The van der Waals surface area contributed by atoms with Crippen molar-refractivity contribution in [2.45, 2.75) is 0 Å². The molecule has 0 saturated heterocycles. The molecule has 5 nitrogen and oxygen atoms in total. The Morgan fingerprint density at radius 1 is 1.29 bits per heavy atom. The number of anilines is 1. The van der Waals surface area contributed by atoms with Crippen LogP contribution in [-0.2, 0) is 0 Å². The molecule has 3 heterocycles. The summed E-state index contributed by atoms with van der Waals surface area (Å²) in [6.07, 6.45) is 0. The molecule has 4 aromatic rings. The van der Waals surface area contributed by atoms with E-state index >= 15 is 0 Å². The minimum absolute atomic E-state index is 0.0685. The van der Waals surface area contributed by atoms with Gasteiger partial charge in [-0.05, 0) is 35.8 Å². The van der Waals surface area contributed by atoms with E-state index in [9.17, 15) is 14.0 Å². The van der Waals surface area contributed by atoms with Gasteiger partial charge in [0.05, 0.1) is 11.2 Å². The number of fused-ring (bicyclic) bond motifs is 3. The first-order chi connectivity index (χ1) is 11.6. The first kappa shape index (κ1) is 15.2. The van der Waals surface area contributed by atoms with Crippen LogP contribution in [0.2, 0.25) is 0 Å². The third-order valence-electron chi connectivity index (χ3n) is 3.46. The number of aromatic nitrogens is 2. The van der Waals surface area contributed by atoms with Crippen molar-refractivity contribution in [3.63, 3.8) is 0 Å². The van der Waals surface area contributed by atoms with Crippen LogP contribution < -0.4 is 10.9 Å². The second-order valence-corrected chi connectivity index (χ2v) is 7.46. The molecule has 1 aromatic carbocycles. The van der Waals surface area contributed by atoms with Crippen LogP contribution in [-0.4, -0.2) is 15.3 Å². The number of amides is 1. The molecule has 0 atom stereocenters. The highest BCUT2D eigenvalue weighted by molar-refractivity contribution is 7.73. The number of halogens is 1. The van der Waals surface area contributed by atoms with Crippen LogP contribution in [0.25, 0.3) is 15.9 Å². The Kier molecular flexibility index (Phi) is 3.56. The fourth-order valence-electron chi connectivity index (χ4n) is 2.41. The summed E-state index contributed by atoms with van der Waals surface area (Å²) < 4.78 is 16.4. The van der Waals surface area contributed by atoms with E-state index in [4.69, 9.17) is 12.2 Å². The Bertz CT molecular complexity index is 1220. The van der Waals surface area contributed by atoms with Gasteiger partial charge in [0.15, 0.2) is 3.95 Å². The highest BCUT2D eigenvalue weighted by atomic mass is 32.1. The monoisotopic (exact) mass is 377 g/mol. The smallest absolute Gasteiger partial charge is 0.269 e. The van der Waals surface area contributed by atoms with E-state index in [1.165, 1.54) is 29.5 Å². The van der Waals surface area contributed by atoms with Crippen LogP contribution in [0.4, 0.5) is 10.1 Å². The zero-order chi connectivity index (χ0) is 16.8. The number of H-pyrrole nitrogens is 1. The van der Waals surface area contributed by atoms with Crippen molar-refractivity contribution in [1.82, 2.24) is 9.38 Å². The lowest BCUT2D eigenvalue weighted by atomic mass is 10.3. The summed E-state index contributed by atoms with van der Waals surface area (Å²) in [5.74, 6) is -1.06. The van der Waals surface area contributed by atoms with Gasteiger partial charge in [-0.2, -0.15) is 0 Å². The first-order valence-electron chi connectivity index (χ1n) is 6.77. The van der Waals surface area contributed by atoms with Gasteiger partial charge < -0.3 is 10.3 Å². The lowest BCUT2D eigenvalue weighted by Crippen LogP contribution is -2.14. The van der Waals surface area contributed by atoms with Crippen LogP contribution in [0.15, 0.2) is 40.5 Å². The summed E-state index contributed by atoms with van der Waals surface area (Å²) in [6.45, 7) is 0. The number of para-hydroxylation sites is 1. The molecule has 120 valence electrons. The predicted octanol–water partition coefficient (Wildman–Crippen LogP) is 4.02. The van der Waals surface area contributed by atoms with Crippen molar-refractivity contribution in [2.75, 3.05) is 5.32 Å². The number of aromatic amines is 1. The number of hydrogen-bond acceptors (Lipinski definition) is 5. The van der Waals surface area contributed by atoms with Gasteiger partial charge in [0, 0.05) is 0 Å². The second kappa shape index (κ2) is 5.62. The molecule has 0 aliphatic rings. The molecule has 3 aromatic heterocycles. The van der Waals surface area contributed by atoms with Gasteiger partial charge in [-0.25, -0.2) is 4.39 Å². The molecule has 0 fully saturated rings. The Balaban J connectivity index is 1.90. The molecule has 1 amide bonds. The molecule has 24 heavy (non-hydrogen) atoms. The van der Waals surface area contributed by atoms with Crippen molar-refractivity contribution >= 4 is 62.3 Å². The molecule has 9 heteroatoms. The number of thiophene rings is 1. The molecule has 0 spiro atoms. The highest BCUT2D eigenvalue weighted by Crippen LogP contribution is 2.26. The van der Waals surface area contributed by atoms with E-state index in [1.54, 1.807) is 21.9 Å². The average Bonchev–Trinajstić information content (AvgIpc) is 3.15. The molecule has 2 N–H and O–H groups in total. The quantitative estimate of drug-likeness (QED) is 0.519. The van der Waals surface area contributed by atoms with Crippen LogP contribution in [0, 0.1) is 9.77 Å². The molecule has 0 unspecified atom stereocenters. The number of thiazole rings is 1. The van der Waals surface area contributed by atoms with Gasteiger partial charge in [-0.15, -0.1) is 11.3 Å². The van der Waals surface area contributed by atoms with Crippen molar-refractivity contribution in [2.24, 2.45) is 0 Å². The molecule has 0 aliphatic carbocycles. The maximum Gasteiger partial charge on any atom is 0.269 e. The SMILES string of the molecule is O=C(Nc1ccccc1F)c1sc(=S)n2c1[nH]c(=O)c1sccc12.